The third-order valence-corrected chi connectivity index (χ3v) is 4.43. The molecule has 1 atom stereocenters. The van der Waals surface area contributed by atoms with Gasteiger partial charge < -0.3 is 10.1 Å². The summed E-state index contributed by atoms with van der Waals surface area (Å²) in [5, 5.41) is 9.92. The van der Waals surface area contributed by atoms with Crippen LogP contribution < -0.4 is 5.32 Å². The summed E-state index contributed by atoms with van der Waals surface area (Å²) in [4.78, 5) is 14.4. The van der Waals surface area contributed by atoms with Gasteiger partial charge in [0.15, 0.2) is 5.69 Å². The molecule has 1 saturated heterocycles. The molecule has 1 amide bonds. The molecule has 3 rings (SSSR count). The average Bonchev–Trinajstić information content (AvgIpc) is 3.16. The van der Waals surface area contributed by atoms with Crippen LogP contribution in [-0.4, -0.2) is 35.9 Å². The standard InChI is InChI=1S/C14H17N3O2S/c1-9-2-3-13(20-9)11-6-12(17-16-11)14(18)15-7-10-4-5-19-8-10/h2-3,6,10H,4-5,7-8H2,1H3,(H,15,18)(H,16,17)/t10-/m0/s1. The average molecular weight is 291 g/mol. The maximum Gasteiger partial charge on any atom is 0.271 e. The van der Waals surface area contributed by atoms with Gasteiger partial charge in [0.2, 0.25) is 0 Å². The van der Waals surface area contributed by atoms with Crippen LogP contribution in [0.25, 0.3) is 10.6 Å². The van der Waals surface area contributed by atoms with Crippen molar-refractivity contribution < 1.29 is 9.53 Å². The van der Waals surface area contributed by atoms with E-state index >= 15 is 0 Å². The van der Waals surface area contributed by atoms with Crippen molar-refractivity contribution in [3.05, 3.63) is 28.8 Å². The van der Waals surface area contributed by atoms with Gasteiger partial charge in [0.1, 0.15) is 0 Å². The summed E-state index contributed by atoms with van der Waals surface area (Å²) in [5.74, 6) is 0.296. The highest BCUT2D eigenvalue weighted by molar-refractivity contribution is 7.15. The Morgan fingerprint density at radius 2 is 2.50 bits per heavy atom. The van der Waals surface area contributed by atoms with Crippen molar-refractivity contribution in [3.63, 3.8) is 0 Å². The summed E-state index contributed by atoms with van der Waals surface area (Å²) in [6.07, 6.45) is 1.01. The van der Waals surface area contributed by atoms with Crippen LogP contribution >= 0.6 is 11.3 Å². The zero-order chi connectivity index (χ0) is 13.9. The quantitative estimate of drug-likeness (QED) is 0.907. The normalized spacial score (nSPS) is 18.4. The van der Waals surface area contributed by atoms with Crippen LogP contribution in [-0.2, 0) is 4.74 Å². The number of aromatic amines is 1. The van der Waals surface area contributed by atoms with E-state index < -0.39 is 0 Å². The van der Waals surface area contributed by atoms with Crippen molar-refractivity contribution in [2.75, 3.05) is 19.8 Å². The largest absolute Gasteiger partial charge is 0.381 e. The minimum atomic E-state index is -0.132. The Balaban J connectivity index is 1.62. The molecule has 1 fully saturated rings. The van der Waals surface area contributed by atoms with E-state index in [4.69, 9.17) is 4.74 Å². The highest BCUT2D eigenvalue weighted by Crippen LogP contribution is 2.26. The fourth-order valence-electron chi connectivity index (χ4n) is 2.22. The molecule has 3 heterocycles. The zero-order valence-corrected chi connectivity index (χ0v) is 12.1. The summed E-state index contributed by atoms with van der Waals surface area (Å²) >= 11 is 1.68. The molecule has 0 radical (unpaired) electrons. The highest BCUT2D eigenvalue weighted by Gasteiger charge is 2.18. The predicted octanol–water partition coefficient (Wildman–Crippen LogP) is 2.21. The molecule has 2 aromatic rings. The van der Waals surface area contributed by atoms with Crippen LogP contribution in [0.4, 0.5) is 0 Å². The molecule has 20 heavy (non-hydrogen) atoms. The number of carbonyl (C=O) groups is 1. The van der Waals surface area contributed by atoms with Crippen molar-refractivity contribution in [1.82, 2.24) is 15.5 Å². The van der Waals surface area contributed by atoms with E-state index in [-0.39, 0.29) is 5.91 Å². The van der Waals surface area contributed by atoms with Gasteiger partial charge in [-0.3, -0.25) is 9.89 Å². The van der Waals surface area contributed by atoms with Crippen molar-refractivity contribution in [1.29, 1.82) is 0 Å². The van der Waals surface area contributed by atoms with Crippen LogP contribution in [0.5, 0.6) is 0 Å². The molecular weight excluding hydrogens is 274 g/mol. The van der Waals surface area contributed by atoms with Crippen LogP contribution in [0.1, 0.15) is 21.8 Å². The number of thiophene rings is 1. The van der Waals surface area contributed by atoms with Gasteiger partial charge in [-0.05, 0) is 31.5 Å². The summed E-state index contributed by atoms with van der Waals surface area (Å²) in [6, 6.07) is 5.89. The maximum atomic E-state index is 12.0. The number of rotatable bonds is 4. The molecule has 0 unspecified atom stereocenters. The number of hydrogen-bond donors (Lipinski definition) is 2. The van der Waals surface area contributed by atoms with Crippen LogP contribution in [0.3, 0.4) is 0 Å². The monoisotopic (exact) mass is 291 g/mol. The van der Waals surface area contributed by atoms with Crippen molar-refractivity contribution >= 4 is 17.2 Å². The fraction of sp³-hybridized carbons (Fsp3) is 0.429. The Morgan fingerprint density at radius 3 is 3.20 bits per heavy atom. The lowest BCUT2D eigenvalue weighted by molar-refractivity contribution is 0.0940. The Hall–Kier alpha value is -1.66. The molecule has 1 aliphatic heterocycles. The number of nitrogens with zero attached hydrogens (tertiary/aromatic N) is 1. The third kappa shape index (κ3) is 2.91. The molecule has 0 saturated carbocycles. The SMILES string of the molecule is Cc1ccc(-c2cc(C(=O)NC[C@@H]3CCOC3)n[nH]2)s1. The van der Waals surface area contributed by atoms with E-state index in [9.17, 15) is 4.79 Å². The number of H-pyrrole nitrogens is 1. The molecule has 2 aromatic heterocycles. The van der Waals surface area contributed by atoms with Crippen molar-refractivity contribution in [2.45, 2.75) is 13.3 Å². The Morgan fingerprint density at radius 1 is 1.60 bits per heavy atom. The number of amides is 1. The van der Waals surface area contributed by atoms with Crippen molar-refractivity contribution in [3.8, 4) is 10.6 Å². The van der Waals surface area contributed by atoms with E-state index in [0.717, 1.165) is 30.2 Å². The van der Waals surface area contributed by atoms with E-state index in [0.29, 0.717) is 18.2 Å². The van der Waals surface area contributed by atoms with Gasteiger partial charge in [0, 0.05) is 23.9 Å². The first-order chi connectivity index (χ1) is 9.72. The lowest BCUT2D eigenvalue weighted by Crippen LogP contribution is -2.29. The number of hydrogen-bond acceptors (Lipinski definition) is 4. The van der Waals surface area contributed by atoms with Gasteiger partial charge in [0.25, 0.3) is 5.91 Å². The molecule has 106 valence electrons. The molecule has 0 spiro atoms. The first-order valence-corrected chi connectivity index (χ1v) is 7.52. The lowest BCUT2D eigenvalue weighted by Gasteiger charge is -2.07. The predicted molar refractivity (Wildman–Crippen MR) is 77.9 cm³/mol. The molecular formula is C14H17N3O2S. The molecule has 0 aromatic carbocycles. The zero-order valence-electron chi connectivity index (χ0n) is 11.3. The number of aromatic nitrogens is 2. The lowest BCUT2D eigenvalue weighted by atomic mass is 10.1. The van der Waals surface area contributed by atoms with Crippen LogP contribution in [0.15, 0.2) is 18.2 Å². The van der Waals surface area contributed by atoms with E-state index in [2.05, 4.69) is 28.5 Å². The molecule has 5 nitrogen and oxygen atoms in total. The second-order valence-electron chi connectivity index (χ2n) is 5.02. The number of aryl methyl sites for hydroxylation is 1. The van der Waals surface area contributed by atoms with Crippen LogP contribution in [0.2, 0.25) is 0 Å². The molecule has 1 aliphatic rings. The van der Waals surface area contributed by atoms with Gasteiger partial charge in [-0.2, -0.15) is 5.10 Å². The Bertz CT molecular complexity index is 599. The van der Waals surface area contributed by atoms with Gasteiger partial charge in [0.05, 0.1) is 17.2 Å². The highest BCUT2D eigenvalue weighted by atomic mass is 32.1. The molecule has 2 N–H and O–H groups in total. The van der Waals surface area contributed by atoms with E-state index in [1.54, 1.807) is 17.4 Å². The molecule has 0 aliphatic carbocycles. The molecule has 0 bridgehead atoms. The minimum absolute atomic E-state index is 0.132. The minimum Gasteiger partial charge on any atom is -0.381 e. The van der Waals surface area contributed by atoms with Gasteiger partial charge in [-0.15, -0.1) is 11.3 Å². The summed E-state index contributed by atoms with van der Waals surface area (Å²) in [5.41, 5.74) is 1.32. The second kappa shape index (κ2) is 5.76. The number of carbonyl (C=O) groups excluding carboxylic acids is 1. The summed E-state index contributed by atoms with van der Waals surface area (Å²) in [7, 11) is 0. The first-order valence-electron chi connectivity index (χ1n) is 6.70. The number of nitrogens with one attached hydrogen (secondary N) is 2. The molecule has 6 heteroatoms. The van der Waals surface area contributed by atoms with Crippen molar-refractivity contribution in [2.24, 2.45) is 5.92 Å². The second-order valence-corrected chi connectivity index (χ2v) is 6.30. The Labute approximate surface area is 121 Å². The first kappa shape index (κ1) is 13.3. The summed E-state index contributed by atoms with van der Waals surface area (Å²) in [6.45, 7) is 4.24. The maximum absolute atomic E-state index is 12.0. The van der Waals surface area contributed by atoms with Gasteiger partial charge in [-0.25, -0.2) is 0 Å². The smallest absolute Gasteiger partial charge is 0.271 e. The fourth-order valence-corrected chi connectivity index (χ4v) is 3.05. The van der Waals surface area contributed by atoms with Crippen LogP contribution in [0, 0.1) is 12.8 Å². The summed E-state index contributed by atoms with van der Waals surface area (Å²) < 4.78 is 5.29. The van der Waals surface area contributed by atoms with E-state index in [1.165, 1.54) is 4.88 Å². The van der Waals surface area contributed by atoms with E-state index in [1.807, 2.05) is 6.07 Å². The number of ether oxygens (including phenoxy) is 1. The third-order valence-electron chi connectivity index (χ3n) is 3.39. The Kier molecular flexibility index (Phi) is 3.84. The topological polar surface area (TPSA) is 67.0 Å². The van der Waals surface area contributed by atoms with Gasteiger partial charge >= 0.3 is 0 Å². The van der Waals surface area contributed by atoms with Gasteiger partial charge in [-0.1, -0.05) is 0 Å².